The van der Waals surface area contributed by atoms with Crippen LogP contribution in [0.4, 0.5) is 4.79 Å². The highest BCUT2D eigenvalue weighted by Crippen LogP contribution is 2.32. The summed E-state index contributed by atoms with van der Waals surface area (Å²) in [4.78, 5) is 14.1. The molecule has 0 radical (unpaired) electrons. The highest BCUT2D eigenvalue weighted by Gasteiger charge is 2.27. The number of benzene rings is 1. The van der Waals surface area contributed by atoms with E-state index in [-0.39, 0.29) is 12.0 Å². The van der Waals surface area contributed by atoms with Crippen LogP contribution in [-0.2, 0) is 4.74 Å². The molecule has 0 N–H and O–H groups in total. The molecule has 0 atom stereocenters. The summed E-state index contributed by atoms with van der Waals surface area (Å²) in [5, 5.41) is 8.52. The van der Waals surface area contributed by atoms with Gasteiger partial charge in [-0.1, -0.05) is 49.8 Å². The molecule has 1 saturated heterocycles. The van der Waals surface area contributed by atoms with Crippen molar-refractivity contribution in [3.63, 3.8) is 0 Å². The average Bonchev–Trinajstić information content (AvgIpc) is 3.12. The molecule has 2 heterocycles. The van der Waals surface area contributed by atoms with Gasteiger partial charge < -0.3 is 14.1 Å². The number of piperidine rings is 1. The second-order valence-electron chi connectivity index (χ2n) is 8.41. The van der Waals surface area contributed by atoms with Gasteiger partial charge in [0.1, 0.15) is 5.60 Å². The van der Waals surface area contributed by atoms with Crippen molar-refractivity contribution in [1.82, 2.24) is 15.1 Å². The van der Waals surface area contributed by atoms with Gasteiger partial charge in [-0.25, -0.2) is 4.79 Å². The van der Waals surface area contributed by atoms with E-state index in [9.17, 15) is 4.79 Å². The van der Waals surface area contributed by atoms with Gasteiger partial charge in [-0.05, 0) is 39.2 Å². The van der Waals surface area contributed by atoms with E-state index in [1.807, 2.05) is 52.8 Å². The van der Waals surface area contributed by atoms with Crippen molar-refractivity contribution < 1.29 is 13.9 Å². The quantitative estimate of drug-likeness (QED) is 0.744. The second kappa shape index (κ2) is 8.17. The summed E-state index contributed by atoms with van der Waals surface area (Å²) in [6.45, 7) is 11.0. The Kier molecular flexibility index (Phi) is 5.87. The van der Waals surface area contributed by atoms with Crippen molar-refractivity contribution >= 4 is 11.7 Å². The van der Waals surface area contributed by atoms with Gasteiger partial charge in [0.15, 0.2) is 0 Å². The van der Waals surface area contributed by atoms with E-state index in [0.717, 1.165) is 24.0 Å². The van der Waals surface area contributed by atoms with Crippen LogP contribution in [0.1, 0.15) is 70.7 Å². The minimum Gasteiger partial charge on any atom is -0.444 e. The van der Waals surface area contributed by atoms with E-state index in [1.165, 1.54) is 5.57 Å². The molecule has 1 aliphatic rings. The minimum atomic E-state index is -0.487. The molecule has 1 aliphatic heterocycles. The van der Waals surface area contributed by atoms with Crippen molar-refractivity contribution in [3.8, 4) is 0 Å². The van der Waals surface area contributed by atoms with Crippen LogP contribution in [-0.4, -0.2) is 39.9 Å². The third kappa shape index (κ3) is 4.80. The lowest BCUT2D eigenvalue weighted by molar-refractivity contribution is 0.0236. The molecule has 2 aromatic rings. The Morgan fingerprint density at radius 2 is 1.75 bits per heavy atom. The third-order valence-electron chi connectivity index (χ3n) is 4.58. The Hall–Kier alpha value is -2.63. The number of amides is 1. The van der Waals surface area contributed by atoms with Gasteiger partial charge in [0.2, 0.25) is 11.8 Å². The van der Waals surface area contributed by atoms with Crippen LogP contribution < -0.4 is 0 Å². The van der Waals surface area contributed by atoms with E-state index in [1.54, 1.807) is 4.90 Å². The molecular weight excluding hydrogens is 354 g/mol. The van der Waals surface area contributed by atoms with Crippen molar-refractivity contribution in [3.05, 3.63) is 53.2 Å². The van der Waals surface area contributed by atoms with Gasteiger partial charge in [0, 0.05) is 24.6 Å². The number of hydrogen-bond acceptors (Lipinski definition) is 5. The highest BCUT2D eigenvalue weighted by atomic mass is 16.6. The van der Waals surface area contributed by atoms with Crippen LogP contribution in [0.15, 0.2) is 40.3 Å². The lowest BCUT2D eigenvalue weighted by Crippen LogP contribution is -2.40. The largest absolute Gasteiger partial charge is 0.444 e. The Morgan fingerprint density at radius 1 is 1.11 bits per heavy atom. The fraction of sp³-hybridized carbons (Fsp3) is 0.500. The Balaban J connectivity index is 1.87. The van der Waals surface area contributed by atoms with E-state index in [2.05, 4.69) is 22.3 Å². The van der Waals surface area contributed by atoms with E-state index >= 15 is 0 Å². The van der Waals surface area contributed by atoms with Crippen LogP contribution in [0, 0.1) is 0 Å². The molecular formula is C22H29N3O3. The molecule has 0 bridgehead atoms. The Bertz CT molecular complexity index is 837. The van der Waals surface area contributed by atoms with Crippen LogP contribution in [0.25, 0.3) is 5.57 Å². The van der Waals surface area contributed by atoms with Gasteiger partial charge >= 0.3 is 6.09 Å². The first-order valence-corrected chi connectivity index (χ1v) is 9.84. The fourth-order valence-corrected chi connectivity index (χ4v) is 3.19. The summed E-state index contributed by atoms with van der Waals surface area (Å²) in [5.74, 6) is 1.36. The smallest absolute Gasteiger partial charge is 0.410 e. The second-order valence-corrected chi connectivity index (χ2v) is 8.41. The zero-order chi connectivity index (χ0) is 20.3. The molecule has 1 amide bonds. The lowest BCUT2D eigenvalue weighted by atomic mass is 9.93. The van der Waals surface area contributed by atoms with Gasteiger partial charge in [-0.2, -0.15) is 0 Å². The predicted molar refractivity (Wildman–Crippen MR) is 108 cm³/mol. The van der Waals surface area contributed by atoms with Gasteiger partial charge in [0.25, 0.3) is 0 Å². The van der Waals surface area contributed by atoms with E-state index in [0.29, 0.717) is 24.9 Å². The van der Waals surface area contributed by atoms with Crippen LogP contribution in [0.2, 0.25) is 0 Å². The summed E-state index contributed by atoms with van der Waals surface area (Å²) in [6, 6.07) is 10.1. The normalized spacial score (nSPS) is 15.1. The van der Waals surface area contributed by atoms with Crippen LogP contribution >= 0.6 is 0 Å². The molecule has 6 heteroatoms. The topological polar surface area (TPSA) is 68.5 Å². The van der Waals surface area contributed by atoms with Crippen molar-refractivity contribution in [2.24, 2.45) is 0 Å². The highest BCUT2D eigenvalue weighted by molar-refractivity contribution is 5.78. The molecule has 0 spiro atoms. The van der Waals surface area contributed by atoms with Gasteiger partial charge in [-0.3, -0.25) is 0 Å². The van der Waals surface area contributed by atoms with E-state index < -0.39 is 5.60 Å². The number of likely N-dealkylation sites (tertiary alicyclic amines) is 1. The lowest BCUT2D eigenvalue weighted by Gasteiger charge is -2.31. The summed E-state index contributed by atoms with van der Waals surface area (Å²) in [7, 11) is 0. The molecule has 0 saturated carbocycles. The van der Waals surface area contributed by atoms with Crippen LogP contribution in [0.3, 0.4) is 0 Å². The molecule has 0 unspecified atom stereocenters. The summed E-state index contributed by atoms with van der Waals surface area (Å²) in [5.41, 5.74) is 2.79. The number of nitrogens with zero attached hydrogens (tertiary/aromatic N) is 3. The number of aromatic nitrogens is 2. The Morgan fingerprint density at radius 3 is 2.29 bits per heavy atom. The number of ether oxygens (including phenoxy) is 1. The SMILES string of the molecule is CC(C)c1nnc(C(=C2CCN(C(=O)OC(C)(C)C)CC2)c2ccccc2)o1. The van der Waals surface area contributed by atoms with Crippen molar-refractivity contribution in [2.45, 2.75) is 59.0 Å². The van der Waals surface area contributed by atoms with E-state index in [4.69, 9.17) is 9.15 Å². The third-order valence-corrected chi connectivity index (χ3v) is 4.58. The standard InChI is InChI=1S/C22H29N3O3/c1-15(2)19-23-24-20(27-19)18(16-9-7-6-8-10-16)17-11-13-25(14-12-17)21(26)28-22(3,4)5/h6-10,15H,11-14H2,1-5H3. The Labute approximate surface area is 166 Å². The summed E-state index contributed by atoms with van der Waals surface area (Å²) in [6.07, 6.45) is 1.25. The number of carbonyl (C=O) groups excluding carboxylic acids is 1. The number of rotatable bonds is 3. The minimum absolute atomic E-state index is 0.178. The van der Waals surface area contributed by atoms with Crippen molar-refractivity contribution in [2.75, 3.05) is 13.1 Å². The van der Waals surface area contributed by atoms with Gasteiger partial charge in [-0.15, -0.1) is 10.2 Å². The predicted octanol–water partition coefficient (Wildman–Crippen LogP) is 5.03. The zero-order valence-corrected chi connectivity index (χ0v) is 17.4. The first-order valence-electron chi connectivity index (χ1n) is 9.84. The van der Waals surface area contributed by atoms with Gasteiger partial charge in [0.05, 0.1) is 0 Å². The zero-order valence-electron chi connectivity index (χ0n) is 17.4. The molecule has 1 aromatic carbocycles. The molecule has 28 heavy (non-hydrogen) atoms. The maximum atomic E-state index is 12.4. The first-order chi connectivity index (χ1) is 13.2. The summed E-state index contributed by atoms with van der Waals surface area (Å²) < 4.78 is 11.5. The maximum absolute atomic E-state index is 12.4. The number of hydrogen-bond donors (Lipinski definition) is 0. The van der Waals surface area contributed by atoms with Crippen LogP contribution in [0.5, 0.6) is 0 Å². The molecule has 0 aliphatic carbocycles. The summed E-state index contributed by atoms with van der Waals surface area (Å²) >= 11 is 0. The first kappa shape index (κ1) is 20.1. The molecule has 1 fully saturated rings. The molecule has 1 aromatic heterocycles. The fourth-order valence-electron chi connectivity index (χ4n) is 3.19. The molecule has 6 nitrogen and oxygen atoms in total. The maximum Gasteiger partial charge on any atom is 0.410 e. The monoisotopic (exact) mass is 383 g/mol. The molecule has 150 valence electrons. The number of carbonyl (C=O) groups is 1. The molecule has 3 rings (SSSR count). The average molecular weight is 383 g/mol. The van der Waals surface area contributed by atoms with Crippen molar-refractivity contribution in [1.29, 1.82) is 0 Å².